The van der Waals surface area contributed by atoms with Gasteiger partial charge in [0.15, 0.2) is 0 Å². The molecule has 0 bridgehead atoms. The summed E-state index contributed by atoms with van der Waals surface area (Å²) in [4.78, 5) is 39.8. The van der Waals surface area contributed by atoms with E-state index in [9.17, 15) is 14.4 Å². The number of hydrogen-bond donors (Lipinski definition) is 0. The first kappa shape index (κ1) is 20.2. The molecule has 1 fully saturated rings. The molecule has 1 aromatic carbocycles. The van der Waals surface area contributed by atoms with Crippen molar-refractivity contribution in [2.45, 2.75) is 6.54 Å². The number of carbonyl (C=O) groups is 3. The van der Waals surface area contributed by atoms with E-state index in [1.807, 2.05) is 37.2 Å². The molecule has 28 heavy (non-hydrogen) atoms. The standard InChI is InChI=1S/C19H17BrN2O5S/c1-21(2)14-6-4-11(8-13(14)20)9-16-17(23)22(19(25)28-16)10-12-5-7-15(27-12)18(24)26-3/h4-9H,10H2,1-3H3/b16-9+. The Bertz CT molecular complexity index is 982. The fourth-order valence-corrected chi connectivity index (χ4v) is 4.18. The molecule has 9 heteroatoms. The summed E-state index contributed by atoms with van der Waals surface area (Å²) >= 11 is 4.38. The normalized spacial score (nSPS) is 15.4. The van der Waals surface area contributed by atoms with E-state index in [0.29, 0.717) is 10.7 Å². The van der Waals surface area contributed by atoms with Gasteiger partial charge < -0.3 is 14.1 Å². The lowest BCUT2D eigenvalue weighted by Gasteiger charge is -2.14. The van der Waals surface area contributed by atoms with E-state index in [-0.39, 0.29) is 12.3 Å². The maximum Gasteiger partial charge on any atom is 0.373 e. The van der Waals surface area contributed by atoms with E-state index in [2.05, 4.69) is 20.7 Å². The Morgan fingerprint density at radius 3 is 2.68 bits per heavy atom. The Labute approximate surface area is 174 Å². The molecule has 146 valence electrons. The van der Waals surface area contributed by atoms with Crippen LogP contribution in [0.3, 0.4) is 0 Å². The predicted molar refractivity (Wildman–Crippen MR) is 110 cm³/mol. The highest BCUT2D eigenvalue weighted by molar-refractivity contribution is 9.10. The Hall–Kier alpha value is -2.52. The van der Waals surface area contributed by atoms with E-state index >= 15 is 0 Å². The first-order valence-corrected chi connectivity index (χ1v) is 9.80. The van der Waals surface area contributed by atoms with Crippen LogP contribution in [0.5, 0.6) is 0 Å². The van der Waals surface area contributed by atoms with E-state index < -0.39 is 17.1 Å². The van der Waals surface area contributed by atoms with Gasteiger partial charge in [-0.1, -0.05) is 6.07 Å². The van der Waals surface area contributed by atoms with Gasteiger partial charge in [0.1, 0.15) is 5.76 Å². The number of methoxy groups -OCH3 is 1. The largest absolute Gasteiger partial charge is 0.463 e. The van der Waals surface area contributed by atoms with Crippen LogP contribution in [0.4, 0.5) is 10.5 Å². The van der Waals surface area contributed by atoms with Gasteiger partial charge in [-0.15, -0.1) is 0 Å². The first-order valence-electron chi connectivity index (χ1n) is 8.19. The van der Waals surface area contributed by atoms with Crippen LogP contribution in [-0.4, -0.2) is 43.2 Å². The van der Waals surface area contributed by atoms with Gasteiger partial charge in [0.25, 0.3) is 11.1 Å². The monoisotopic (exact) mass is 464 g/mol. The van der Waals surface area contributed by atoms with Crippen molar-refractivity contribution in [1.82, 2.24) is 4.90 Å². The summed E-state index contributed by atoms with van der Waals surface area (Å²) < 4.78 is 10.8. The number of nitrogens with zero attached hydrogens (tertiary/aromatic N) is 2. The Morgan fingerprint density at radius 1 is 1.29 bits per heavy atom. The summed E-state index contributed by atoms with van der Waals surface area (Å²) in [6.07, 6.45) is 1.68. The zero-order chi connectivity index (χ0) is 20.4. The molecule has 0 saturated carbocycles. The number of ether oxygens (including phenoxy) is 1. The van der Waals surface area contributed by atoms with Crippen molar-refractivity contribution in [3.05, 3.63) is 56.8 Å². The van der Waals surface area contributed by atoms with Gasteiger partial charge in [-0.2, -0.15) is 0 Å². The Morgan fingerprint density at radius 2 is 2.04 bits per heavy atom. The second kappa shape index (κ2) is 8.24. The summed E-state index contributed by atoms with van der Waals surface area (Å²) in [7, 11) is 5.12. The van der Waals surface area contributed by atoms with Crippen molar-refractivity contribution >= 4 is 56.6 Å². The van der Waals surface area contributed by atoms with Crippen molar-refractivity contribution in [2.24, 2.45) is 0 Å². The van der Waals surface area contributed by atoms with Crippen LogP contribution in [0, 0.1) is 0 Å². The highest BCUT2D eigenvalue weighted by atomic mass is 79.9. The number of esters is 1. The molecule has 3 rings (SSSR count). The van der Waals surface area contributed by atoms with Crippen molar-refractivity contribution in [1.29, 1.82) is 0 Å². The second-order valence-corrected chi connectivity index (χ2v) is 7.98. The molecule has 1 saturated heterocycles. The maximum atomic E-state index is 12.6. The number of rotatable bonds is 5. The fourth-order valence-electron chi connectivity index (χ4n) is 2.59. The number of amides is 2. The first-order chi connectivity index (χ1) is 13.3. The average molecular weight is 465 g/mol. The molecule has 0 spiro atoms. The number of carbonyl (C=O) groups excluding carboxylic acids is 3. The highest BCUT2D eigenvalue weighted by Crippen LogP contribution is 2.34. The number of furan rings is 1. The Kier molecular flexibility index (Phi) is 5.95. The van der Waals surface area contributed by atoms with Crippen LogP contribution >= 0.6 is 27.7 Å². The summed E-state index contributed by atoms with van der Waals surface area (Å²) in [5, 5.41) is -0.392. The molecule has 1 aliphatic rings. The zero-order valence-corrected chi connectivity index (χ0v) is 17.8. The number of halogens is 1. The number of benzene rings is 1. The van der Waals surface area contributed by atoms with Gasteiger partial charge in [0, 0.05) is 18.6 Å². The molecule has 2 aromatic rings. The third-order valence-electron chi connectivity index (χ3n) is 3.99. The molecule has 0 aliphatic carbocycles. The molecule has 2 heterocycles. The highest BCUT2D eigenvalue weighted by Gasteiger charge is 2.35. The fraction of sp³-hybridized carbons (Fsp3) is 0.211. The molecule has 2 amide bonds. The molecular weight excluding hydrogens is 448 g/mol. The van der Waals surface area contributed by atoms with Crippen LogP contribution in [0.1, 0.15) is 21.9 Å². The summed E-state index contributed by atoms with van der Waals surface area (Å²) in [5.74, 6) is -0.682. The molecule has 1 aromatic heterocycles. The molecule has 0 atom stereocenters. The van der Waals surface area contributed by atoms with Gasteiger partial charge in [-0.3, -0.25) is 14.5 Å². The van der Waals surface area contributed by atoms with E-state index in [1.165, 1.54) is 19.2 Å². The lowest BCUT2D eigenvalue weighted by molar-refractivity contribution is -0.123. The summed E-state index contributed by atoms with van der Waals surface area (Å²) in [6, 6.07) is 8.68. The smallest absolute Gasteiger partial charge is 0.373 e. The van der Waals surface area contributed by atoms with Crippen molar-refractivity contribution in [3.63, 3.8) is 0 Å². The molecular formula is C19H17BrN2O5S. The minimum absolute atomic E-state index is 0.0193. The third-order valence-corrected chi connectivity index (χ3v) is 5.53. The molecule has 1 aliphatic heterocycles. The van der Waals surface area contributed by atoms with Crippen molar-refractivity contribution in [3.8, 4) is 0 Å². The number of imide groups is 1. The summed E-state index contributed by atoms with van der Waals surface area (Å²) in [5.41, 5.74) is 1.80. The molecule has 0 unspecified atom stereocenters. The zero-order valence-electron chi connectivity index (χ0n) is 15.4. The molecule has 0 radical (unpaired) electrons. The minimum Gasteiger partial charge on any atom is -0.463 e. The maximum absolute atomic E-state index is 12.6. The predicted octanol–water partition coefficient (Wildman–Crippen LogP) is 4.13. The van der Waals surface area contributed by atoms with Gasteiger partial charge in [-0.05, 0) is 63.6 Å². The lowest BCUT2D eigenvalue weighted by Crippen LogP contribution is -2.27. The van der Waals surface area contributed by atoms with E-state index in [1.54, 1.807) is 6.08 Å². The number of thioether (sulfide) groups is 1. The third kappa shape index (κ3) is 4.15. The Balaban J connectivity index is 1.78. The van der Waals surface area contributed by atoms with Gasteiger partial charge in [-0.25, -0.2) is 4.79 Å². The van der Waals surface area contributed by atoms with Crippen molar-refractivity contribution in [2.75, 3.05) is 26.1 Å². The quantitative estimate of drug-likeness (QED) is 0.485. The lowest BCUT2D eigenvalue weighted by atomic mass is 10.2. The van der Waals surface area contributed by atoms with Crippen LogP contribution in [0.2, 0.25) is 0 Å². The number of hydrogen-bond acceptors (Lipinski definition) is 7. The van der Waals surface area contributed by atoms with Crippen molar-refractivity contribution < 1.29 is 23.5 Å². The number of anilines is 1. The molecule has 7 nitrogen and oxygen atoms in total. The summed E-state index contributed by atoms with van der Waals surface area (Å²) in [6.45, 7) is -0.0533. The van der Waals surface area contributed by atoms with E-state index in [0.717, 1.165) is 32.4 Å². The SMILES string of the molecule is COC(=O)c1ccc(CN2C(=O)S/C(=C/c3ccc(N(C)C)c(Br)c3)C2=O)o1. The van der Waals surface area contributed by atoms with Crippen LogP contribution in [0.15, 0.2) is 44.1 Å². The van der Waals surface area contributed by atoms with Crippen LogP contribution < -0.4 is 4.90 Å². The second-order valence-electron chi connectivity index (χ2n) is 6.13. The van der Waals surface area contributed by atoms with Gasteiger partial charge in [0.05, 0.1) is 24.2 Å². The van der Waals surface area contributed by atoms with Gasteiger partial charge >= 0.3 is 5.97 Å². The topological polar surface area (TPSA) is 80.1 Å². The van der Waals surface area contributed by atoms with Gasteiger partial charge in [0.2, 0.25) is 5.76 Å². The van der Waals surface area contributed by atoms with Crippen LogP contribution in [-0.2, 0) is 16.1 Å². The average Bonchev–Trinajstić information content (AvgIpc) is 3.21. The van der Waals surface area contributed by atoms with Crippen LogP contribution in [0.25, 0.3) is 6.08 Å². The minimum atomic E-state index is -0.618. The van der Waals surface area contributed by atoms with E-state index in [4.69, 9.17) is 4.42 Å². The molecule has 0 N–H and O–H groups in total.